The van der Waals surface area contributed by atoms with E-state index in [1.165, 1.54) is 4.88 Å². The topological polar surface area (TPSA) is 36.4 Å². The third-order valence-corrected chi connectivity index (χ3v) is 4.93. The number of thiazole rings is 1. The van der Waals surface area contributed by atoms with Gasteiger partial charge in [0, 0.05) is 43.9 Å². The molecule has 0 aromatic carbocycles. The summed E-state index contributed by atoms with van der Waals surface area (Å²) in [4.78, 5) is 22.3. The highest BCUT2D eigenvalue weighted by molar-refractivity contribution is 7.11. The number of amides is 1. The van der Waals surface area contributed by atoms with E-state index in [-0.39, 0.29) is 5.91 Å². The van der Waals surface area contributed by atoms with Crippen molar-refractivity contribution in [2.24, 2.45) is 0 Å². The van der Waals surface area contributed by atoms with E-state index in [1.807, 2.05) is 11.8 Å². The van der Waals surface area contributed by atoms with Crippen LogP contribution >= 0.6 is 11.3 Å². The van der Waals surface area contributed by atoms with E-state index in [0.717, 1.165) is 49.8 Å². The van der Waals surface area contributed by atoms with Crippen molar-refractivity contribution in [2.75, 3.05) is 32.7 Å². The molecule has 0 aliphatic carbocycles. The second kappa shape index (κ2) is 6.48. The molecule has 2 rings (SSSR count). The zero-order valence-electron chi connectivity index (χ0n) is 12.1. The number of hydrogen-bond donors (Lipinski definition) is 0. The van der Waals surface area contributed by atoms with E-state index in [0.29, 0.717) is 6.42 Å². The Balaban J connectivity index is 1.78. The first-order valence-corrected chi connectivity index (χ1v) is 7.85. The first-order valence-electron chi connectivity index (χ1n) is 7.03. The minimum Gasteiger partial charge on any atom is -0.340 e. The Morgan fingerprint density at radius 3 is 2.47 bits per heavy atom. The van der Waals surface area contributed by atoms with Gasteiger partial charge in [0.2, 0.25) is 5.91 Å². The predicted molar refractivity (Wildman–Crippen MR) is 78.6 cm³/mol. The van der Waals surface area contributed by atoms with E-state index in [4.69, 9.17) is 0 Å². The van der Waals surface area contributed by atoms with Gasteiger partial charge in [-0.15, -0.1) is 11.3 Å². The lowest BCUT2D eigenvalue weighted by molar-refractivity contribution is -0.132. The summed E-state index contributed by atoms with van der Waals surface area (Å²) < 4.78 is 0. The molecule has 1 aliphatic rings. The molecule has 4 nitrogen and oxygen atoms in total. The van der Waals surface area contributed by atoms with Gasteiger partial charge in [-0.2, -0.15) is 0 Å². The third kappa shape index (κ3) is 3.76. The lowest BCUT2D eigenvalue weighted by Gasteiger charge is -2.34. The van der Waals surface area contributed by atoms with Gasteiger partial charge in [-0.05, 0) is 20.4 Å². The number of piperazine rings is 1. The number of rotatable bonds is 4. The van der Waals surface area contributed by atoms with Gasteiger partial charge in [0.05, 0.1) is 10.7 Å². The fraction of sp³-hybridized carbons (Fsp3) is 0.714. The zero-order chi connectivity index (χ0) is 13.8. The summed E-state index contributed by atoms with van der Waals surface area (Å²) in [6.07, 6.45) is 1.38. The monoisotopic (exact) mass is 281 g/mol. The van der Waals surface area contributed by atoms with Crippen LogP contribution in [-0.4, -0.2) is 53.4 Å². The van der Waals surface area contributed by atoms with Gasteiger partial charge >= 0.3 is 0 Å². The van der Waals surface area contributed by atoms with E-state index < -0.39 is 0 Å². The quantitative estimate of drug-likeness (QED) is 0.845. The highest BCUT2D eigenvalue weighted by Crippen LogP contribution is 2.18. The molecule has 1 aliphatic heterocycles. The number of carbonyl (C=O) groups is 1. The van der Waals surface area contributed by atoms with E-state index in [2.05, 4.69) is 23.7 Å². The Morgan fingerprint density at radius 2 is 1.95 bits per heavy atom. The summed E-state index contributed by atoms with van der Waals surface area (Å²) >= 11 is 1.72. The Hall–Kier alpha value is -0.940. The van der Waals surface area contributed by atoms with Crippen molar-refractivity contribution in [3.05, 3.63) is 15.6 Å². The van der Waals surface area contributed by atoms with Gasteiger partial charge in [0.15, 0.2) is 0 Å². The Kier molecular flexibility index (Phi) is 4.93. The molecule has 0 atom stereocenters. The molecule has 106 valence electrons. The maximum Gasteiger partial charge on any atom is 0.223 e. The summed E-state index contributed by atoms with van der Waals surface area (Å²) in [5.74, 6) is 0.279. The van der Waals surface area contributed by atoms with Gasteiger partial charge in [0.25, 0.3) is 0 Å². The van der Waals surface area contributed by atoms with Crippen LogP contribution in [0.25, 0.3) is 0 Å². The van der Waals surface area contributed by atoms with Crippen LogP contribution in [0.3, 0.4) is 0 Å². The summed E-state index contributed by atoms with van der Waals surface area (Å²) in [7, 11) is 0. The minimum absolute atomic E-state index is 0.279. The lowest BCUT2D eigenvalue weighted by Crippen LogP contribution is -2.48. The summed E-state index contributed by atoms with van der Waals surface area (Å²) in [5, 5.41) is 1.09. The van der Waals surface area contributed by atoms with Crippen molar-refractivity contribution >= 4 is 17.2 Å². The number of hydrogen-bond acceptors (Lipinski definition) is 4. The van der Waals surface area contributed by atoms with Crippen molar-refractivity contribution in [1.82, 2.24) is 14.8 Å². The maximum atomic E-state index is 12.1. The normalized spacial score (nSPS) is 16.9. The van der Waals surface area contributed by atoms with Crippen LogP contribution in [0.2, 0.25) is 0 Å². The first kappa shape index (κ1) is 14.5. The molecule has 0 spiro atoms. The molecule has 0 unspecified atom stereocenters. The molecule has 5 heteroatoms. The molecule has 0 bridgehead atoms. The number of likely N-dealkylation sites (N-methyl/N-ethyl adjacent to an activating group) is 1. The van der Waals surface area contributed by atoms with Gasteiger partial charge in [-0.3, -0.25) is 4.79 Å². The Bertz CT molecular complexity index is 416. The van der Waals surface area contributed by atoms with Gasteiger partial charge in [-0.1, -0.05) is 6.92 Å². The molecular formula is C14H23N3OS. The number of aryl methyl sites for hydroxylation is 3. The van der Waals surface area contributed by atoms with Crippen molar-refractivity contribution < 1.29 is 4.79 Å². The van der Waals surface area contributed by atoms with Gasteiger partial charge < -0.3 is 9.80 Å². The fourth-order valence-corrected chi connectivity index (χ4v) is 3.27. The fourth-order valence-electron chi connectivity index (χ4n) is 2.33. The van der Waals surface area contributed by atoms with Crippen LogP contribution in [0.15, 0.2) is 0 Å². The Morgan fingerprint density at radius 1 is 1.26 bits per heavy atom. The van der Waals surface area contributed by atoms with Crippen LogP contribution < -0.4 is 0 Å². The molecular weight excluding hydrogens is 258 g/mol. The first-order chi connectivity index (χ1) is 9.10. The van der Waals surface area contributed by atoms with E-state index >= 15 is 0 Å². The van der Waals surface area contributed by atoms with Crippen molar-refractivity contribution in [2.45, 2.75) is 33.6 Å². The molecule has 0 N–H and O–H groups in total. The predicted octanol–water partition coefficient (Wildman–Crippen LogP) is 1.86. The SMILES string of the molecule is CCN1CCN(C(=O)CCc2nc(C)c(C)s2)CC1. The maximum absolute atomic E-state index is 12.1. The highest BCUT2D eigenvalue weighted by atomic mass is 32.1. The summed E-state index contributed by atoms with van der Waals surface area (Å²) in [5.41, 5.74) is 1.10. The summed E-state index contributed by atoms with van der Waals surface area (Å²) in [6.45, 7) is 11.1. The molecule has 1 saturated heterocycles. The number of nitrogens with zero attached hydrogens (tertiary/aromatic N) is 3. The molecule has 1 aromatic rings. The lowest BCUT2D eigenvalue weighted by atomic mass is 10.2. The second-order valence-corrected chi connectivity index (χ2v) is 6.35. The van der Waals surface area contributed by atoms with Crippen molar-refractivity contribution in [3.63, 3.8) is 0 Å². The molecule has 1 fully saturated rings. The molecule has 1 aromatic heterocycles. The molecule has 2 heterocycles. The molecule has 1 amide bonds. The second-order valence-electron chi connectivity index (χ2n) is 5.06. The minimum atomic E-state index is 0.279. The Labute approximate surface area is 119 Å². The van der Waals surface area contributed by atoms with Gasteiger partial charge in [0.1, 0.15) is 0 Å². The van der Waals surface area contributed by atoms with Crippen LogP contribution in [0.5, 0.6) is 0 Å². The number of aromatic nitrogens is 1. The number of carbonyl (C=O) groups excluding carboxylic acids is 1. The third-order valence-electron chi connectivity index (χ3n) is 3.80. The average Bonchev–Trinajstić information content (AvgIpc) is 2.75. The highest BCUT2D eigenvalue weighted by Gasteiger charge is 2.20. The van der Waals surface area contributed by atoms with Crippen LogP contribution in [0, 0.1) is 13.8 Å². The summed E-state index contributed by atoms with van der Waals surface area (Å²) in [6, 6.07) is 0. The smallest absolute Gasteiger partial charge is 0.223 e. The van der Waals surface area contributed by atoms with Crippen molar-refractivity contribution in [1.29, 1.82) is 0 Å². The molecule has 0 saturated carbocycles. The van der Waals surface area contributed by atoms with Crippen molar-refractivity contribution in [3.8, 4) is 0 Å². The standard InChI is InChI=1S/C14H23N3OS/c1-4-16-7-9-17(10-8-16)14(18)6-5-13-15-11(2)12(3)19-13/h4-10H2,1-3H3. The van der Waals surface area contributed by atoms with Gasteiger partial charge in [-0.25, -0.2) is 4.98 Å². The van der Waals surface area contributed by atoms with E-state index in [1.54, 1.807) is 11.3 Å². The largest absolute Gasteiger partial charge is 0.340 e. The average molecular weight is 281 g/mol. The van der Waals surface area contributed by atoms with Crippen LogP contribution in [-0.2, 0) is 11.2 Å². The van der Waals surface area contributed by atoms with Crippen LogP contribution in [0.1, 0.15) is 28.9 Å². The molecule has 19 heavy (non-hydrogen) atoms. The van der Waals surface area contributed by atoms with E-state index in [9.17, 15) is 4.79 Å². The molecule has 0 radical (unpaired) electrons. The zero-order valence-corrected chi connectivity index (χ0v) is 12.9. The van der Waals surface area contributed by atoms with Crippen LogP contribution in [0.4, 0.5) is 0 Å².